The highest BCUT2D eigenvalue weighted by atomic mass is 32.1. The maximum atomic E-state index is 10.9. The van der Waals surface area contributed by atoms with E-state index >= 15 is 0 Å². The van der Waals surface area contributed by atoms with Gasteiger partial charge in [0, 0.05) is 13.1 Å². The molecule has 0 bridgehead atoms. The third kappa shape index (κ3) is 3.77. The molecule has 8 nitrogen and oxygen atoms in total. The van der Waals surface area contributed by atoms with Crippen LogP contribution in [0.4, 0.5) is 0 Å². The maximum absolute atomic E-state index is 10.9. The number of aromatic hydroxyl groups is 1. The van der Waals surface area contributed by atoms with E-state index in [1.165, 1.54) is 15.9 Å². The van der Waals surface area contributed by atoms with Crippen LogP contribution in [0.2, 0.25) is 0 Å². The average molecular weight is 419 g/mol. The highest BCUT2D eigenvalue weighted by Gasteiger charge is 2.32. The number of aliphatic hydroxyl groups excluding tert-OH is 1. The molecule has 2 N–H and O–H groups in total. The fourth-order valence-corrected chi connectivity index (χ4v) is 4.99. The first kappa shape index (κ1) is 19.9. The molecule has 29 heavy (non-hydrogen) atoms. The number of thiazole rings is 1. The second-order valence-electron chi connectivity index (χ2n) is 7.16. The number of aliphatic hydroxyl groups is 1. The fraction of sp³-hybridized carbons (Fsp3) is 0.500. The van der Waals surface area contributed by atoms with E-state index < -0.39 is 0 Å². The highest BCUT2D eigenvalue weighted by Crippen LogP contribution is 2.42. The Bertz CT molecular complexity index is 994. The van der Waals surface area contributed by atoms with Crippen LogP contribution in [0.1, 0.15) is 42.1 Å². The van der Waals surface area contributed by atoms with Gasteiger partial charge in [-0.05, 0) is 44.4 Å². The van der Waals surface area contributed by atoms with Gasteiger partial charge in [-0.15, -0.1) is 5.10 Å². The molecular formula is C20H26N4O4S. The smallest absolute Gasteiger partial charge is 0.230 e. The molecule has 0 spiro atoms. The summed E-state index contributed by atoms with van der Waals surface area (Å²) in [6.07, 6.45) is 1.12. The summed E-state index contributed by atoms with van der Waals surface area (Å²) in [5, 5.41) is 25.2. The van der Waals surface area contributed by atoms with Gasteiger partial charge in [0.15, 0.2) is 11.5 Å². The molecule has 0 amide bonds. The second kappa shape index (κ2) is 8.17. The zero-order valence-corrected chi connectivity index (χ0v) is 17.6. The van der Waals surface area contributed by atoms with E-state index in [0.717, 1.165) is 23.5 Å². The summed E-state index contributed by atoms with van der Waals surface area (Å²) < 4.78 is 12.7. The molecule has 1 aromatic carbocycles. The van der Waals surface area contributed by atoms with Crippen LogP contribution in [0, 0.1) is 6.92 Å². The number of rotatable bonds is 6. The molecule has 1 aliphatic heterocycles. The van der Waals surface area contributed by atoms with Crippen molar-refractivity contribution in [2.45, 2.75) is 38.8 Å². The number of benzene rings is 1. The van der Waals surface area contributed by atoms with Crippen LogP contribution >= 0.6 is 11.3 Å². The van der Waals surface area contributed by atoms with Crippen molar-refractivity contribution in [1.29, 1.82) is 0 Å². The van der Waals surface area contributed by atoms with E-state index in [-0.39, 0.29) is 18.0 Å². The van der Waals surface area contributed by atoms with E-state index in [1.54, 1.807) is 14.0 Å². The van der Waals surface area contributed by atoms with Crippen molar-refractivity contribution in [2.24, 2.45) is 0 Å². The molecule has 0 saturated carbocycles. The largest absolute Gasteiger partial charge is 0.493 e. The van der Waals surface area contributed by atoms with Crippen LogP contribution in [0.5, 0.6) is 17.4 Å². The van der Waals surface area contributed by atoms with Gasteiger partial charge >= 0.3 is 0 Å². The van der Waals surface area contributed by atoms with Crippen LogP contribution in [0.15, 0.2) is 18.2 Å². The molecule has 4 rings (SSSR count). The van der Waals surface area contributed by atoms with Crippen molar-refractivity contribution in [3.8, 4) is 17.4 Å². The number of likely N-dealkylation sites (tertiary alicyclic amines) is 1. The number of methoxy groups -OCH3 is 1. The molecule has 3 heterocycles. The lowest BCUT2D eigenvalue weighted by atomic mass is 9.99. The van der Waals surface area contributed by atoms with Gasteiger partial charge in [-0.25, -0.2) is 4.98 Å². The van der Waals surface area contributed by atoms with Crippen LogP contribution in [-0.2, 0) is 0 Å². The molecule has 0 unspecified atom stereocenters. The summed E-state index contributed by atoms with van der Waals surface area (Å²) in [4.78, 5) is 8.13. The zero-order valence-electron chi connectivity index (χ0n) is 16.8. The van der Waals surface area contributed by atoms with Crippen molar-refractivity contribution in [1.82, 2.24) is 19.5 Å². The number of ether oxygens (including phenoxy) is 2. The van der Waals surface area contributed by atoms with Crippen LogP contribution in [0.25, 0.3) is 4.96 Å². The van der Waals surface area contributed by atoms with Crippen LogP contribution in [-0.4, -0.2) is 62.6 Å². The van der Waals surface area contributed by atoms with Gasteiger partial charge in [-0.1, -0.05) is 17.4 Å². The van der Waals surface area contributed by atoms with Crippen molar-refractivity contribution in [3.05, 3.63) is 34.5 Å². The monoisotopic (exact) mass is 418 g/mol. The third-order valence-electron chi connectivity index (χ3n) is 5.22. The predicted octanol–water partition coefficient (Wildman–Crippen LogP) is 2.76. The molecule has 1 aliphatic rings. The van der Waals surface area contributed by atoms with Gasteiger partial charge in [-0.2, -0.15) is 4.52 Å². The summed E-state index contributed by atoms with van der Waals surface area (Å²) >= 11 is 1.43. The molecule has 1 fully saturated rings. The van der Waals surface area contributed by atoms with Crippen LogP contribution < -0.4 is 9.47 Å². The molecule has 3 aromatic rings. The molecule has 2 aromatic heterocycles. The zero-order chi connectivity index (χ0) is 20.5. The Morgan fingerprint density at radius 1 is 1.28 bits per heavy atom. The molecule has 156 valence electrons. The van der Waals surface area contributed by atoms with Crippen LogP contribution in [0.3, 0.4) is 0 Å². The Morgan fingerprint density at radius 3 is 2.69 bits per heavy atom. The summed E-state index contributed by atoms with van der Waals surface area (Å²) in [7, 11) is 1.62. The maximum Gasteiger partial charge on any atom is 0.230 e. The number of nitrogens with zero attached hydrogens (tertiary/aromatic N) is 4. The van der Waals surface area contributed by atoms with E-state index in [4.69, 9.17) is 9.47 Å². The summed E-state index contributed by atoms with van der Waals surface area (Å²) in [6.45, 7) is 5.75. The van der Waals surface area contributed by atoms with Gasteiger partial charge in [0.25, 0.3) is 0 Å². The number of fused-ring (bicyclic) bond motifs is 1. The second-order valence-corrected chi connectivity index (χ2v) is 8.17. The Hall–Kier alpha value is -2.36. The standard InChI is InChI=1S/C20H26N4O4S/c1-4-28-15-6-5-13(11-16(15)27-3)17(23-9-7-14(25)8-10-23)18-19(26)24-20(29-18)21-12(2)22-24/h5-6,11,14,17,25-26H,4,7-10H2,1-3H3/t17-/m0/s1. The van der Waals surface area contributed by atoms with Gasteiger partial charge < -0.3 is 19.7 Å². The minimum atomic E-state index is -0.277. The molecule has 0 radical (unpaired) electrons. The summed E-state index contributed by atoms with van der Waals surface area (Å²) in [6, 6.07) is 5.67. The van der Waals surface area contributed by atoms with E-state index in [9.17, 15) is 10.2 Å². The minimum absolute atomic E-state index is 0.106. The SMILES string of the molecule is CCOc1ccc([C@@H](c2sc3nc(C)nn3c2O)N2CCC(O)CC2)cc1OC. The lowest BCUT2D eigenvalue weighted by molar-refractivity contribution is 0.0689. The lowest BCUT2D eigenvalue weighted by Gasteiger charge is -2.36. The topological polar surface area (TPSA) is 92.4 Å². The number of hydrogen-bond acceptors (Lipinski definition) is 8. The number of piperidine rings is 1. The molecular weight excluding hydrogens is 392 g/mol. The molecule has 1 atom stereocenters. The van der Waals surface area contributed by atoms with E-state index in [2.05, 4.69) is 15.0 Å². The van der Waals surface area contributed by atoms with Crippen molar-refractivity contribution in [3.63, 3.8) is 0 Å². The Morgan fingerprint density at radius 2 is 2.03 bits per heavy atom. The van der Waals surface area contributed by atoms with Crippen molar-refractivity contribution < 1.29 is 19.7 Å². The summed E-state index contributed by atoms with van der Waals surface area (Å²) in [5.41, 5.74) is 0.984. The van der Waals surface area contributed by atoms with E-state index in [1.807, 2.05) is 25.1 Å². The Kier molecular flexibility index (Phi) is 5.62. The van der Waals surface area contributed by atoms with Gasteiger partial charge in [0.2, 0.25) is 10.8 Å². The molecule has 9 heteroatoms. The molecule has 1 saturated heterocycles. The molecule has 0 aliphatic carbocycles. The Labute approximate surface area is 173 Å². The number of aromatic nitrogens is 3. The predicted molar refractivity (Wildman–Crippen MR) is 110 cm³/mol. The normalized spacial score (nSPS) is 17.0. The first-order valence-corrected chi connectivity index (χ1v) is 10.6. The first-order chi connectivity index (χ1) is 14.0. The highest BCUT2D eigenvalue weighted by molar-refractivity contribution is 7.17. The quantitative estimate of drug-likeness (QED) is 0.636. The van der Waals surface area contributed by atoms with Crippen molar-refractivity contribution in [2.75, 3.05) is 26.8 Å². The number of aryl methyl sites for hydroxylation is 1. The van der Waals surface area contributed by atoms with Crippen molar-refractivity contribution >= 4 is 16.3 Å². The third-order valence-corrected chi connectivity index (χ3v) is 6.29. The van der Waals surface area contributed by atoms with Gasteiger partial charge in [-0.3, -0.25) is 4.90 Å². The fourth-order valence-electron chi connectivity index (χ4n) is 3.83. The lowest BCUT2D eigenvalue weighted by Crippen LogP contribution is -2.38. The van der Waals surface area contributed by atoms with E-state index in [0.29, 0.717) is 41.7 Å². The number of hydrogen-bond donors (Lipinski definition) is 2. The minimum Gasteiger partial charge on any atom is -0.493 e. The summed E-state index contributed by atoms with van der Waals surface area (Å²) in [5.74, 6) is 2.07. The average Bonchev–Trinajstić information content (AvgIpc) is 3.22. The van der Waals surface area contributed by atoms with Gasteiger partial charge in [0.05, 0.1) is 30.7 Å². The first-order valence-electron chi connectivity index (χ1n) is 9.79. The Balaban J connectivity index is 1.80. The van der Waals surface area contributed by atoms with Gasteiger partial charge in [0.1, 0.15) is 5.82 Å².